The molecule has 0 aliphatic carbocycles. The monoisotopic (exact) mass is 161 g/mol. The van der Waals surface area contributed by atoms with E-state index in [1.165, 1.54) is 0 Å². The van der Waals surface area contributed by atoms with E-state index in [-0.39, 0.29) is 0 Å². The fourth-order valence-corrected chi connectivity index (χ4v) is 0.594. The number of halogens is 2. The van der Waals surface area contributed by atoms with Gasteiger partial charge in [0.15, 0.2) is 0 Å². The zero-order chi connectivity index (χ0) is 7.49. The van der Waals surface area contributed by atoms with Gasteiger partial charge in [0.2, 0.25) is 0 Å². The van der Waals surface area contributed by atoms with Crippen LogP contribution in [0.2, 0.25) is 0 Å². The summed E-state index contributed by atoms with van der Waals surface area (Å²) in [6, 6.07) is 0. The summed E-state index contributed by atoms with van der Waals surface area (Å²) < 4.78 is 40.9. The van der Waals surface area contributed by atoms with Crippen molar-refractivity contribution < 1.29 is 22.6 Å². The van der Waals surface area contributed by atoms with Crippen LogP contribution < -0.4 is 0 Å². The molecule has 0 saturated carbocycles. The van der Waals surface area contributed by atoms with Crippen molar-refractivity contribution in [3.8, 4) is 0 Å². The predicted octanol–water partition coefficient (Wildman–Crippen LogP) is 1.46. The van der Waals surface area contributed by atoms with Gasteiger partial charge in [-0.05, 0) is 0 Å². The second-order valence-corrected chi connectivity index (χ2v) is 3.02. The Morgan fingerprint density at radius 3 is 1.67 bits per heavy atom. The molecule has 4 nitrogen and oxygen atoms in total. The van der Waals surface area contributed by atoms with Crippen molar-refractivity contribution in [2.75, 3.05) is 14.2 Å². The molecular formula is C2H6F2NO3P. The summed E-state index contributed by atoms with van der Waals surface area (Å²) in [7, 11) is -2.51. The normalized spacial score (nSPS) is 12.6. The van der Waals surface area contributed by atoms with Gasteiger partial charge in [0.1, 0.15) is 5.11 Å². The van der Waals surface area contributed by atoms with Crippen molar-refractivity contribution in [2.24, 2.45) is 0 Å². The molecular weight excluding hydrogens is 155 g/mol. The summed E-state index contributed by atoms with van der Waals surface area (Å²) in [4.78, 5) is 0. The summed E-state index contributed by atoms with van der Waals surface area (Å²) in [6.07, 6.45) is 0. The van der Waals surface area contributed by atoms with Crippen molar-refractivity contribution in [3.63, 3.8) is 0 Å². The minimum atomic E-state index is -4.25. The maximum atomic E-state index is 11.4. The van der Waals surface area contributed by atoms with Gasteiger partial charge in [-0.3, -0.25) is 9.05 Å². The summed E-state index contributed by atoms with van der Waals surface area (Å²) in [5, 5.41) is -1.59. The van der Waals surface area contributed by atoms with Crippen LogP contribution in [-0.4, -0.2) is 19.3 Å². The lowest BCUT2D eigenvalue weighted by Crippen LogP contribution is -2.01. The van der Waals surface area contributed by atoms with Crippen LogP contribution in [0.3, 0.4) is 0 Å². The number of hydrogen-bond donors (Lipinski definition) is 0. The van der Waals surface area contributed by atoms with Crippen LogP contribution in [0, 0.1) is 0 Å². The van der Waals surface area contributed by atoms with Crippen molar-refractivity contribution in [2.45, 2.75) is 0 Å². The largest absolute Gasteiger partial charge is 0.464 e. The smallest absolute Gasteiger partial charge is 0.297 e. The maximum absolute atomic E-state index is 11.4. The molecule has 0 amide bonds. The molecule has 0 aromatic heterocycles. The molecule has 0 N–H and O–H groups in total. The molecule has 0 bridgehead atoms. The van der Waals surface area contributed by atoms with E-state index in [0.717, 1.165) is 14.2 Å². The van der Waals surface area contributed by atoms with Gasteiger partial charge in [-0.25, -0.2) is 4.57 Å². The van der Waals surface area contributed by atoms with Crippen molar-refractivity contribution in [3.05, 3.63) is 0 Å². The molecule has 0 heterocycles. The Hall–Kier alpha value is -0.0300. The Labute approximate surface area is 50.8 Å². The Kier molecular flexibility index (Phi) is 3.21. The first kappa shape index (κ1) is 8.97. The third-order valence-electron chi connectivity index (χ3n) is 0.647. The molecule has 0 aliphatic heterocycles. The third kappa shape index (κ3) is 1.98. The molecule has 0 aromatic carbocycles. The highest BCUT2D eigenvalue weighted by molar-refractivity contribution is 7.50. The average molecular weight is 161 g/mol. The van der Waals surface area contributed by atoms with Gasteiger partial charge in [-0.2, -0.15) is 0 Å². The van der Waals surface area contributed by atoms with Crippen LogP contribution in [-0.2, 0) is 13.6 Å². The van der Waals surface area contributed by atoms with Crippen LogP contribution in [0.15, 0.2) is 0 Å². The fraction of sp³-hybridized carbons (Fsp3) is 1.00. The van der Waals surface area contributed by atoms with Crippen LogP contribution in [0.5, 0.6) is 0 Å². The van der Waals surface area contributed by atoms with Crippen molar-refractivity contribution >= 4 is 7.75 Å². The van der Waals surface area contributed by atoms with Crippen LogP contribution in [0.25, 0.3) is 0 Å². The highest BCUT2D eigenvalue weighted by Crippen LogP contribution is 2.50. The second kappa shape index (κ2) is 3.22. The molecule has 0 atom stereocenters. The summed E-state index contributed by atoms with van der Waals surface area (Å²) in [6.45, 7) is 0. The quantitative estimate of drug-likeness (QED) is 0.464. The first-order valence-electron chi connectivity index (χ1n) is 1.90. The van der Waals surface area contributed by atoms with E-state index in [0.29, 0.717) is 0 Å². The number of hydrogen-bond acceptors (Lipinski definition) is 3. The van der Waals surface area contributed by atoms with Crippen molar-refractivity contribution in [1.29, 1.82) is 0 Å². The van der Waals surface area contributed by atoms with E-state index in [4.69, 9.17) is 0 Å². The van der Waals surface area contributed by atoms with Gasteiger partial charge in [0.05, 0.1) is 0 Å². The predicted molar refractivity (Wildman–Crippen MR) is 25.7 cm³/mol. The summed E-state index contributed by atoms with van der Waals surface area (Å²) in [5.74, 6) is 0. The Balaban J connectivity index is 4.11. The fourth-order valence-electron chi connectivity index (χ4n) is 0.198. The topological polar surface area (TPSA) is 38.8 Å². The average Bonchev–Trinajstić information content (AvgIpc) is 1.86. The minimum Gasteiger partial charge on any atom is -0.297 e. The van der Waals surface area contributed by atoms with Gasteiger partial charge in [0.25, 0.3) is 0 Å². The van der Waals surface area contributed by atoms with Crippen LogP contribution >= 0.6 is 7.75 Å². The van der Waals surface area contributed by atoms with E-state index in [1.807, 2.05) is 0 Å². The lowest BCUT2D eigenvalue weighted by atomic mass is 11.8. The standard InChI is InChI=1S/C2H6F2NO3P/c1-7-9(6,8-2)5(3)4/h1-2H3. The van der Waals surface area contributed by atoms with Gasteiger partial charge in [0, 0.05) is 14.2 Å². The lowest BCUT2D eigenvalue weighted by molar-refractivity contribution is -0.0873. The number of rotatable bonds is 3. The summed E-state index contributed by atoms with van der Waals surface area (Å²) in [5.41, 5.74) is 0. The first-order valence-corrected chi connectivity index (χ1v) is 3.40. The van der Waals surface area contributed by atoms with E-state index in [9.17, 15) is 13.5 Å². The Bertz CT molecular complexity index is 121. The first-order chi connectivity index (χ1) is 4.06. The van der Waals surface area contributed by atoms with E-state index in [1.54, 1.807) is 0 Å². The van der Waals surface area contributed by atoms with Crippen molar-refractivity contribution in [1.82, 2.24) is 5.11 Å². The van der Waals surface area contributed by atoms with Gasteiger partial charge in [-0.15, -0.1) is 0 Å². The summed E-state index contributed by atoms with van der Waals surface area (Å²) >= 11 is 0. The highest BCUT2D eigenvalue weighted by Gasteiger charge is 2.32. The van der Waals surface area contributed by atoms with E-state index < -0.39 is 12.9 Å². The molecule has 0 saturated heterocycles. The molecule has 0 rings (SSSR count). The molecule has 0 radical (unpaired) electrons. The molecule has 0 aliphatic rings. The highest BCUT2D eigenvalue weighted by atomic mass is 31.2. The molecule has 0 fully saturated rings. The second-order valence-electron chi connectivity index (χ2n) is 1.05. The van der Waals surface area contributed by atoms with E-state index >= 15 is 0 Å². The molecule has 7 heteroatoms. The number of nitrogens with zero attached hydrogens (tertiary/aromatic N) is 1. The molecule has 0 aromatic rings. The molecule has 56 valence electrons. The van der Waals surface area contributed by atoms with Crippen LogP contribution in [0.1, 0.15) is 0 Å². The molecule has 0 spiro atoms. The molecule has 9 heavy (non-hydrogen) atoms. The van der Waals surface area contributed by atoms with Gasteiger partial charge >= 0.3 is 7.75 Å². The SMILES string of the molecule is COP(=O)(OC)N(F)F. The minimum absolute atomic E-state index is 0.871. The maximum Gasteiger partial charge on any atom is 0.464 e. The zero-order valence-corrected chi connectivity index (χ0v) is 5.77. The van der Waals surface area contributed by atoms with Crippen LogP contribution in [0.4, 0.5) is 8.96 Å². The lowest BCUT2D eigenvalue weighted by Gasteiger charge is -2.10. The van der Waals surface area contributed by atoms with Gasteiger partial charge < -0.3 is 0 Å². The zero-order valence-electron chi connectivity index (χ0n) is 4.88. The van der Waals surface area contributed by atoms with E-state index in [2.05, 4.69) is 9.05 Å². The third-order valence-corrected chi connectivity index (χ3v) is 1.94. The van der Waals surface area contributed by atoms with Gasteiger partial charge in [-0.1, -0.05) is 8.96 Å². The Morgan fingerprint density at radius 1 is 1.33 bits per heavy atom. The Morgan fingerprint density at radius 2 is 1.67 bits per heavy atom. The molecule has 0 unspecified atom stereocenters.